The van der Waals surface area contributed by atoms with Crippen molar-refractivity contribution < 1.29 is 18.8 Å². The monoisotopic (exact) mass is 443 g/mol. The van der Waals surface area contributed by atoms with Crippen LogP contribution >= 0.6 is 0 Å². The molecule has 1 heterocycles. The number of rotatable bonds is 11. The van der Waals surface area contributed by atoms with E-state index in [9.17, 15) is 0 Å². The molecule has 0 amide bonds. The Balaban J connectivity index is 1.40. The minimum atomic E-state index is 0.336. The van der Waals surface area contributed by atoms with Crippen LogP contribution in [-0.2, 0) is 16.5 Å². The fourth-order valence-electron chi connectivity index (χ4n) is 3.95. The number of hydrogen-bond donors (Lipinski definition) is 0. The van der Waals surface area contributed by atoms with E-state index in [0.29, 0.717) is 39.6 Å². The number of aryl methyl sites for hydroxylation is 1. The number of nitrogens with zero attached hydrogens (tertiary/aromatic N) is 4. The highest BCUT2D eigenvalue weighted by atomic mass is 16.5. The first kappa shape index (κ1) is 22.6. The minimum absolute atomic E-state index is 0.336. The molecule has 0 bridgehead atoms. The first-order valence-corrected chi connectivity index (χ1v) is 11.0. The average Bonchev–Trinajstić information content (AvgIpc) is 2.86. The smallest absolute Gasteiger partial charge is 0.213 e. The van der Waals surface area contributed by atoms with Crippen LogP contribution in [0.2, 0.25) is 0 Å². The number of benzene rings is 3. The SMILES string of the molecule is C[n+]1c2ccccc2c(-c2ccc(OCCOCCOCCN=[N+]=[N-])cc2)c2ccccc21. The van der Waals surface area contributed by atoms with Crippen LogP contribution in [0, 0.1) is 0 Å². The third-order valence-corrected chi connectivity index (χ3v) is 5.48. The van der Waals surface area contributed by atoms with E-state index in [4.69, 9.17) is 19.7 Å². The number of ether oxygens (including phenoxy) is 3. The van der Waals surface area contributed by atoms with Gasteiger partial charge < -0.3 is 14.2 Å². The van der Waals surface area contributed by atoms with Gasteiger partial charge in [0.05, 0.1) is 37.2 Å². The Labute approximate surface area is 192 Å². The zero-order valence-electron chi connectivity index (χ0n) is 18.7. The first-order chi connectivity index (χ1) is 16.3. The molecule has 4 aromatic rings. The lowest BCUT2D eigenvalue weighted by atomic mass is 9.96. The lowest BCUT2D eigenvalue weighted by molar-refractivity contribution is -0.617. The molecule has 33 heavy (non-hydrogen) atoms. The Kier molecular flexibility index (Phi) is 7.72. The molecule has 168 valence electrons. The van der Waals surface area contributed by atoms with Crippen LogP contribution in [0.1, 0.15) is 0 Å². The lowest BCUT2D eigenvalue weighted by Crippen LogP contribution is -2.30. The van der Waals surface area contributed by atoms with Crippen LogP contribution in [0.25, 0.3) is 43.4 Å². The van der Waals surface area contributed by atoms with Crippen molar-refractivity contribution in [2.45, 2.75) is 0 Å². The van der Waals surface area contributed by atoms with Gasteiger partial charge in [0.15, 0.2) is 0 Å². The second-order valence-corrected chi connectivity index (χ2v) is 7.52. The predicted molar refractivity (Wildman–Crippen MR) is 129 cm³/mol. The Hall–Kier alpha value is -3.64. The van der Waals surface area contributed by atoms with Crippen LogP contribution in [0.4, 0.5) is 0 Å². The summed E-state index contributed by atoms with van der Waals surface area (Å²) in [7, 11) is 2.11. The van der Waals surface area contributed by atoms with E-state index in [1.807, 2.05) is 12.1 Å². The molecule has 0 aliphatic heterocycles. The third kappa shape index (κ3) is 5.41. The normalized spacial score (nSPS) is 10.9. The van der Waals surface area contributed by atoms with Gasteiger partial charge in [0.2, 0.25) is 11.0 Å². The molecule has 7 heteroatoms. The number of azide groups is 1. The van der Waals surface area contributed by atoms with Crippen molar-refractivity contribution >= 4 is 21.8 Å². The van der Waals surface area contributed by atoms with Crippen LogP contribution in [0.5, 0.6) is 5.75 Å². The molecular weight excluding hydrogens is 416 g/mol. The Morgan fingerprint density at radius 2 is 1.33 bits per heavy atom. The summed E-state index contributed by atoms with van der Waals surface area (Å²) in [5, 5.41) is 5.85. The van der Waals surface area contributed by atoms with Gasteiger partial charge in [-0.25, -0.2) is 0 Å². The largest absolute Gasteiger partial charge is 0.491 e. The molecule has 0 N–H and O–H groups in total. The number of para-hydroxylation sites is 2. The van der Waals surface area contributed by atoms with E-state index in [1.165, 1.54) is 27.4 Å². The van der Waals surface area contributed by atoms with E-state index in [0.717, 1.165) is 11.3 Å². The fraction of sp³-hybridized carbons (Fsp3) is 0.269. The number of fused-ring (bicyclic) bond motifs is 2. The van der Waals surface area contributed by atoms with Crippen LogP contribution in [-0.4, -0.2) is 39.6 Å². The third-order valence-electron chi connectivity index (χ3n) is 5.48. The number of aromatic nitrogens is 1. The molecule has 0 saturated heterocycles. The van der Waals surface area contributed by atoms with Crippen LogP contribution in [0.3, 0.4) is 0 Å². The second kappa shape index (κ2) is 11.3. The summed E-state index contributed by atoms with van der Waals surface area (Å²) in [5.74, 6) is 0.808. The zero-order chi connectivity index (χ0) is 22.9. The zero-order valence-corrected chi connectivity index (χ0v) is 18.7. The minimum Gasteiger partial charge on any atom is -0.491 e. The van der Waals surface area contributed by atoms with Gasteiger partial charge >= 0.3 is 0 Å². The van der Waals surface area contributed by atoms with Gasteiger partial charge in [0, 0.05) is 29.2 Å². The van der Waals surface area contributed by atoms with Crippen molar-refractivity contribution in [2.24, 2.45) is 12.2 Å². The van der Waals surface area contributed by atoms with E-state index in [1.54, 1.807) is 0 Å². The van der Waals surface area contributed by atoms with Crippen molar-refractivity contribution in [2.75, 3.05) is 39.6 Å². The topological polar surface area (TPSA) is 80.3 Å². The molecule has 0 atom stereocenters. The van der Waals surface area contributed by atoms with Crippen molar-refractivity contribution in [1.29, 1.82) is 0 Å². The van der Waals surface area contributed by atoms with Crippen molar-refractivity contribution in [3.8, 4) is 16.9 Å². The van der Waals surface area contributed by atoms with Crippen molar-refractivity contribution in [1.82, 2.24) is 0 Å². The van der Waals surface area contributed by atoms with Crippen molar-refractivity contribution in [3.05, 3.63) is 83.2 Å². The summed E-state index contributed by atoms with van der Waals surface area (Å²) < 4.78 is 18.9. The maximum atomic E-state index is 8.19. The van der Waals surface area contributed by atoms with Gasteiger partial charge in [0.1, 0.15) is 19.4 Å². The average molecular weight is 444 g/mol. The van der Waals surface area contributed by atoms with Crippen molar-refractivity contribution in [3.63, 3.8) is 0 Å². The number of hydrogen-bond acceptors (Lipinski definition) is 4. The molecule has 3 aromatic carbocycles. The molecule has 0 saturated carbocycles. The summed E-state index contributed by atoms with van der Waals surface area (Å²) in [5.41, 5.74) is 13.0. The molecule has 1 aromatic heterocycles. The van der Waals surface area contributed by atoms with E-state index >= 15 is 0 Å². The highest BCUT2D eigenvalue weighted by Crippen LogP contribution is 2.34. The Bertz CT molecular complexity index is 1210. The maximum Gasteiger partial charge on any atom is 0.213 e. The maximum absolute atomic E-state index is 8.19. The summed E-state index contributed by atoms with van der Waals surface area (Å²) in [6, 6.07) is 25.2. The van der Waals surface area contributed by atoms with E-state index in [2.05, 4.69) is 82.3 Å². The summed E-state index contributed by atoms with van der Waals surface area (Å²) >= 11 is 0. The highest BCUT2D eigenvalue weighted by Gasteiger charge is 2.18. The van der Waals surface area contributed by atoms with E-state index in [-0.39, 0.29) is 0 Å². The predicted octanol–water partition coefficient (Wildman–Crippen LogP) is 5.21. The van der Waals surface area contributed by atoms with Gasteiger partial charge in [0.25, 0.3) is 0 Å². The first-order valence-electron chi connectivity index (χ1n) is 11.0. The molecule has 0 radical (unpaired) electrons. The molecule has 0 fully saturated rings. The lowest BCUT2D eigenvalue weighted by Gasteiger charge is -2.12. The Morgan fingerprint density at radius 3 is 1.97 bits per heavy atom. The highest BCUT2D eigenvalue weighted by molar-refractivity contribution is 6.07. The summed E-state index contributed by atoms with van der Waals surface area (Å²) in [6.07, 6.45) is 0. The molecule has 0 aliphatic carbocycles. The molecule has 0 spiro atoms. The van der Waals surface area contributed by atoms with Crippen LogP contribution < -0.4 is 9.30 Å². The summed E-state index contributed by atoms with van der Waals surface area (Å²) in [6.45, 7) is 2.62. The van der Waals surface area contributed by atoms with Gasteiger partial charge in [-0.3, -0.25) is 0 Å². The van der Waals surface area contributed by atoms with Crippen LogP contribution in [0.15, 0.2) is 77.9 Å². The molecular formula is C26H27N4O3+. The van der Waals surface area contributed by atoms with Gasteiger partial charge in [-0.05, 0) is 35.4 Å². The second-order valence-electron chi connectivity index (χ2n) is 7.52. The fourth-order valence-corrected chi connectivity index (χ4v) is 3.95. The van der Waals surface area contributed by atoms with Gasteiger partial charge in [-0.15, -0.1) is 0 Å². The molecule has 7 nitrogen and oxygen atoms in total. The van der Waals surface area contributed by atoms with Gasteiger partial charge in [-0.2, -0.15) is 4.57 Å². The standard InChI is InChI=1S/C26H27N4O3/c1-30-24-8-4-2-6-22(24)26(23-7-3-5-9-25(23)30)20-10-12-21(13-11-20)33-19-18-32-17-16-31-15-14-28-29-27/h2-13H,14-19H2,1H3/q+1. The molecule has 0 unspecified atom stereocenters. The number of pyridine rings is 1. The molecule has 4 rings (SSSR count). The Morgan fingerprint density at radius 1 is 0.758 bits per heavy atom. The van der Waals surface area contributed by atoms with E-state index < -0.39 is 0 Å². The quantitative estimate of drug-likeness (QED) is 0.0797. The summed E-state index contributed by atoms with van der Waals surface area (Å²) in [4.78, 5) is 2.67. The molecule has 0 aliphatic rings. The van der Waals surface area contributed by atoms with Gasteiger partial charge in [-0.1, -0.05) is 41.5 Å².